The van der Waals surface area contributed by atoms with Crippen LogP contribution < -0.4 is 9.64 Å². The van der Waals surface area contributed by atoms with E-state index in [1.54, 1.807) is 7.11 Å². The first-order valence-corrected chi connectivity index (χ1v) is 8.42. The van der Waals surface area contributed by atoms with Gasteiger partial charge < -0.3 is 14.1 Å². The number of hydrogen-bond donors (Lipinski definition) is 0. The second-order valence-corrected chi connectivity index (χ2v) is 6.67. The van der Waals surface area contributed by atoms with Gasteiger partial charge in [0.1, 0.15) is 16.9 Å². The molecule has 0 amide bonds. The SMILES string of the molecule is COc1ccc2oc3cc(N(C)C)cc(-c4ccc(Cl)cc4)c3c2c1. The van der Waals surface area contributed by atoms with Crippen molar-refractivity contribution >= 4 is 39.2 Å². The van der Waals surface area contributed by atoms with Crippen LogP contribution in [0.2, 0.25) is 5.02 Å². The summed E-state index contributed by atoms with van der Waals surface area (Å²) in [6.45, 7) is 0. The van der Waals surface area contributed by atoms with Crippen LogP contribution in [0.4, 0.5) is 5.69 Å². The van der Waals surface area contributed by atoms with Crippen LogP contribution in [-0.4, -0.2) is 21.2 Å². The van der Waals surface area contributed by atoms with E-state index < -0.39 is 0 Å². The Morgan fingerprint density at radius 2 is 1.68 bits per heavy atom. The van der Waals surface area contributed by atoms with Gasteiger partial charge in [-0.25, -0.2) is 0 Å². The molecule has 3 aromatic carbocycles. The Morgan fingerprint density at radius 3 is 2.36 bits per heavy atom. The predicted octanol–water partition coefficient (Wildman–Crippen LogP) is 5.98. The van der Waals surface area contributed by atoms with Crippen molar-refractivity contribution in [1.82, 2.24) is 0 Å². The van der Waals surface area contributed by atoms with E-state index in [1.165, 1.54) is 0 Å². The van der Waals surface area contributed by atoms with Gasteiger partial charge in [-0.05, 0) is 47.5 Å². The molecule has 0 fully saturated rings. The van der Waals surface area contributed by atoms with Crippen molar-refractivity contribution in [2.45, 2.75) is 0 Å². The second-order valence-electron chi connectivity index (χ2n) is 6.23. The van der Waals surface area contributed by atoms with Crippen molar-refractivity contribution in [1.29, 1.82) is 0 Å². The van der Waals surface area contributed by atoms with E-state index in [2.05, 4.69) is 17.0 Å². The van der Waals surface area contributed by atoms with E-state index in [0.717, 1.165) is 49.5 Å². The molecule has 4 rings (SSSR count). The van der Waals surface area contributed by atoms with Gasteiger partial charge in [0.15, 0.2) is 0 Å². The third-order valence-corrected chi connectivity index (χ3v) is 4.69. The number of fused-ring (bicyclic) bond motifs is 3. The van der Waals surface area contributed by atoms with Crippen molar-refractivity contribution in [2.24, 2.45) is 0 Å². The lowest BCUT2D eigenvalue weighted by molar-refractivity contribution is 0.415. The first-order chi connectivity index (χ1) is 12.1. The summed E-state index contributed by atoms with van der Waals surface area (Å²) in [7, 11) is 5.73. The fourth-order valence-electron chi connectivity index (χ4n) is 3.11. The Kier molecular flexibility index (Phi) is 3.81. The maximum Gasteiger partial charge on any atom is 0.138 e. The zero-order valence-corrected chi connectivity index (χ0v) is 15.1. The Hall–Kier alpha value is -2.65. The molecular formula is C21H18ClNO2. The molecule has 0 aliphatic rings. The summed E-state index contributed by atoms with van der Waals surface area (Å²) >= 11 is 6.07. The normalized spacial score (nSPS) is 11.2. The number of methoxy groups -OCH3 is 1. The number of furan rings is 1. The van der Waals surface area contributed by atoms with E-state index in [4.69, 9.17) is 20.8 Å². The molecule has 4 aromatic rings. The summed E-state index contributed by atoms with van der Waals surface area (Å²) in [5.41, 5.74) is 5.01. The molecule has 0 saturated carbocycles. The largest absolute Gasteiger partial charge is 0.497 e. The molecule has 25 heavy (non-hydrogen) atoms. The van der Waals surface area contributed by atoms with Crippen molar-refractivity contribution in [3.8, 4) is 16.9 Å². The number of rotatable bonds is 3. The lowest BCUT2D eigenvalue weighted by Crippen LogP contribution is -2.08. The van der Waals surface area contributed by atoms with Gasteiger partial charge in [0.2, 0.25) is 0 Å². The average Bonchev–Trinajstić information content (AvgIpc) is 2.99. The number of anilines is 1. The van der Waals surface area contributed by atoms with E-state index in [9.17, 15) is 0 Å². The lowest BCUT2D eigenvalue weighted by atomic mass is 9.98. The van der Waals surface area contributed by atoms with Crippen molar-refractivity contribution < 1.29 is 9.15 Å². The number of ether oxygens (including phenoxy) is 1. The first kappa shape index (κ1) is 15.9. The number of halogens is 1. The molecule has 0 aliphatic carbocycles. The minimum Gasteiger partial charge on any atom is -0.497 e. The molecule has 0 unspecified atom stereocenters. The molecule has 0 saturated heterocycles. The Morgan fingerprint density at radius 1 is 0.920 bits per heavy atom. The molecule has 0 radical (unpaired) electrons. The molecule has 3 nitrogen and oxygen atoms in total. The van der Waals surface area contributed by atoms with Crippen molar-refractivity contribution in [2.75, 3.05) is 26.1 Å². The molecule has 126 valence electrons. The van der Waals surface area contributed by atoms with Crippen LogP contribution in [0.25, 0.3) is 33.1 Å². The highest BCUT2D eigenvalue weighted by Gasteiger charge is 2.16. The van der Waals surface area contributed by atoms with Crippen molar-refractivity contribution in [3.05, 3.63) is 59.6 Å². The molecule has 1 heterocycles. The van der Waals surface area contributed by atoms with Crippen LogP contribution in [0.1, 0.15) is 0 Å². The van der Waals surface area contributed by atoms with Gasteiger partial charge in [0.05, 0.1) is 7.11 Å². The lowest BCUT2D eigenvalue weighted by Gasteiger charge is -2.15. The molecule has 0 aliphatic heterocycles. The van der Waals surface area contributed by atoms with Crippen LogP contribution in [0.5, 0.6) is 5.75 Å². The third kappa shape index (κ3) is 2.71. The maximum atomic E-state index is 6.12. The maximum absolute atomic E-state index is 6.12. The van der Waals surface area contributed by atoms with Gasteiger partial charge in [-0.3, -0.25) is 0 Å². The predicted molar refractivity (Wildman–Crippen MR) is 105 cm³/mol. The van der Waals surface area contributed by atoms with Crippen LogP contribution in [-0.2, 0) is 0 Å². The quantitative estimate of drug-likeness (QED) is 0.454. The Bertz CT molecular complexity index is 1060. The highest BCUT2D eigenvalue weighted by molar-refractivity contribution is 6.30. The molecule has 1 aromatic heterocycles. The van der Waals surface area contributed by atoms with Crippen molar-refractivity contribution in [3.63, 3.8) is 0 Å². The summed E-state index contributed by atoms with van der Waals surface area (Å²) in [6.07, 6.45) is 0. The highest BCUT2D eigenvalue weighted by Crippen LogP contribution is 2.40. The van der Waals surface area contributed by atoms with E-state index >= 15 is 0 Å². The summed E-state index contributed by atoms with van der Waals surface area (Å²) in [5.74, 6) is 0.814. The molecule has 0 N–H and O–H groups in total. The molecule has 0 bridgehead atoms. The van der Waals surface area contributed by atoms with E-state index in [-0.39, 0.29) is 0 Å². The third-order valence-electron chi connectivity index (χ3n) is 4.43. The van der Waals surface area contributed by atoms with Gasteiger partial charge in [0.25, 0.3) is 0 Å². The van der Waals surface area contributed by atoms with E-state index in [1.807, 2.05) is 56.6 Å². The standard InChI is InChI=1S/C21H18ClNO2/c1-23(2)15-10-17(13-4-6-14(22)7-5-13)21-18-12-16(24-3)8-9-19(18)25-20(21)11-15/h4-12H,1-3H3. The Labute approximate surface area is 151 Å². The fraction of sp³-hybridized carbons (Fsp3) is 0.143. The molecule has 0 spiro atoms. The van der Waals surface area contributed by atoms with Crippen LogP contribution in [0, 0.1) is 0 Å². The van der Waals surface area contributed by atoms with E-state index in [0.29, 0.717) is 0 Å². The van der Waals surface area contributed by atoms with Gasteiger partial charge in [-0.15, -0.1) is 0 Å². The zero-order valence-electron chi connectivity index (χ0n) is 14.3. The molecule has 0 atom stereocenters. The van der Waals surface area contributed by atoms with Gasteiger partial charge in [0, 0.05) is 41.6 Å². The van der Waals surface area contributed by atoms with Crippen LogP contribution in [0.3, 0.4) is 0 Å². The van der Waals surface area contributed by atoms with Crippen LogP contribution in [0.15, 0.2) is 59.0 Å². The summed E-state index contributed by atoms with van der Waals surface area (Å²) in [5, 5.41) is 2.86. The van der Waals surface area contributed by atoms with Gasteiger partial charge in [-0.2, -0.15) is 0 Å². The monoisotopic (exact) mass is 351 g/mol. The van der Waals surface area contributed by atoms with Gasteiger partial charge >= 0.3 is 0 Å². The highest BCUT2D eigenvalue weighted by atomic mass is 35.5. The molecular weight excluding hydrogens is 334 g/mol. The smallest absolute Gasteiger partial charge is 0.138 e. The fourth-order valence-corrected chi connectivity index (χ4v) is 3.24. The minimum absolute atomic E-state index is 0.725. The topological polar surface area (TPSA) is 25.6 Å². The molecule has 4 heteroatoms. The second kappa shape index (κ2) is 6.01. The van der Waals surface area contributed by atoms with Crippen LogP contribution >= 0.6 is 11.6 Å². The first-order valence-electron chi connectivity index (χ1n) is 8.04. The average molecular weight is 352 g/mol. The summed E-state index contributed by atoms with van der Waals surface area (Å²) in [4.78, 5) is 2.08. The number of nitrogens with zero attached hydrogens (tertiary/aromatic N) is 1. The Balaban J connectivity index is 2.10. The summed E-state index contributed by atoms with van der Waals surface area (Å²) < 4.78 is 11.5. The number of benzene rings is 3. The zero-order chi connectivity index (χ0) is 17.6. The number of hydrogen-bond acceptors (Lipinski definition) is 3. The minimum atomic E-state index is 0.725. The summed E-state index contributed by atoms with van der Waals surface area (Å²) in [6, 6.07) is 18.0. The van der Waals surface area contributed by atoms with Gasteiger partial charge in [-0.1, -0.05) is 23.7 Å².